The molecule has 0 heterocycles. The normalized spacial score (nSPS) is 45.6. The van der Waals surface area contributed by atoms with Crippen molar-refractivity contribution in [2.24, 2.45) is 16.2 Å². The highest BCUT2D eigenvalue weighted by molar-refractivity contribution is 14.1. The summed E-state index contributed by atoms with van der Waals surface area (Å²) in [7, 11) is -3.39. The first-order valence-corrected chi connectivity index (χ1v) is 11.2. The van der Waals surface area contributed by atoms with Crippen molar-refractivity contribution in [3.63, 3.8) is 0 Å². The highest BCUT2D eigenvalue weighted by Gasteiger charge is 2.65. The Morgan fingerprint density at radius 1 is 1.00 bits per heavy atom. The molecule has 0 aromatic heterocycles. The summed E-state index contributed by atoms with van der Waals surface area (Å²) in [6.45, 7) is 6.33. The van der Waals surface area contributed by atoms with E-state index in [4.69, 9.17) is 8.92 Å². The minimum absolute atomic E-state index is 0.105. The summed E-state index contributed by atoms with van der Waals surface area (Å²) in [6, 6.07) is 0. The Labute approximate surface area is 153 Å². The molecule has 0 radical (unpaired) electrons. The first kappa shape index (κ1) is 18.4. The first-order chi connectivity index (χ1) is 10.5. The number of rotatable bonds is 7. The Bertz CT molecular complexity index is 561. The average molecular weight is 457 g/mol. The maximum Gasteiger partial charge on any atom is 0.264 e. The lowest BCUT2D eigenvalue weighted by Gasteiger charge is -2.69. The maximum atomic E-state index is 11.1. The quantitative estimate of drug-likeness (QED) is 0.276. The fourth-order valence-corrected chi connectivity index (χ4v) is 7.94. The zero-order chi connectivity index (χ0) is 17.0. The van der Waals surface area contributed by atoms with E-state index in [0.29, 0.717) is 22.9 Å². The summed E-state index contributed by atoms with van der Waals surface area (Å²) in [4.78, 5) is 0. The van der Waals surface area contributed by atoms with E-state index >= 15 is 0 Å². The maximum absolute atomic E-state index is 11.1. The number of ether oxygens (including phenoxy) is 1. The number of hydrogen-bond acceptors (Lipinski definition) is 5. The second kappa shape index (κ2) is 5.79. The van der Waals surface area contributed by atoms with Crippen LogP contribution in [-0.4, -0.2) is 40.0 Å². The summed E-state index contributed by atoms with van der Waals surface area (Å²) in [5.74, 6) is 0. The molecule has 4 bridgehead atoms. The van der Waals surface area contributed by atoms with Crippen molar-refractivity contribution < 1.29 is 17.3 Å². The van der Waals surface area contributed by atoms with Gasteiger partial charge in [-0.1, -0.05) is 13.8 Å². The van der Waals surface area contributed by atoms with Crippen LogP contribution in [0.5, 0.6) is 0 Å². The minimum atomic E-state index is -3.39. The van der Waals surface area contributed by atoms with Crippen LogP contribution >= 0.6 is 22.9 Å². The topological polar surface area (TPSA) is 64.6 Å². The van der Waals surface area contributed by atoms with E-state index < -0.39 is 10.1 Å². The molecule has 4 aliphatic carbocycles. The van der Waals surface area contributed by atoms with Gasteiger partial charge in [-0.15, -0.1) is 0 Å². The van der Waals surface area contributed by atoms with Crippen molar-refractivity contribution in [2.75, 3.05) is 26.0 Å². The van der Waals surface area contributed by atoms with Gasteiger partial charge >= 0.3 is 0 Å². The molecule has 7 heteroatoms. The molecule has 0 aliphatic heterocycles. The van der Waals surface area contributed by atoms with Crippen LogP contribution in [0.4, 0.5) is 0 Å². The third-order valence-electron chi connectivity index (χ3n) is 5.88. The highest BCUT2D eigenvalue weighted by atomic mass is 127. The molecule has 1 N–H and O–H groups in total. The monoisotopic (exact) mass is 457 g/mol. The van der Waals surface area contributed by atoms with Crippen molar-refractivity contribution in [1.82, 2.24) is 3.53 Å². The van der Waals surface area contributed by atoms with Crippen LogP contribution in [-0.2, 0) is 19.0 Å². The van der Waals surface area contributed by atoms with E-state index in [9.17, 15) is 8.42 Å². The summed E-state index contributed by atoms with van der Waals surface area (Å²) < 4.78 is 36.8. The average Bonchev–Trinajstić information content (AvgIpc) is 2.28. The molecule has 0 amide bonds. The molecule has 0 aromatic rings. The summed E-state index contributed by atoms with van der Waals surface area (Å²) in [6.07, 6.45) is 8.19. The first-order valence-electron chi connectivity index (χ1n) is 8.33. The second-order valence-electron chi connectivity index (χ2n) is 9.05. The van der Waals surface area contributed by atoms with E-state index in [0.717, 1.165) is 32.1 Å². The third kappa shape index (κ3) is 3.88. The van der Waals surface area contributed by atoms with Gasteiger partial charge < -0.3 is 4.74 Å². The van der Waals surface area contributed by atoms with E-state index in [1.807, 2.05) is 0 Å². The Kier molecular flexibility index (Phi) is 4.62. The van der Waals surface area contributed by atoms with Crippen molar-refractivity contribution in [3.05, 3.63) is 0 Å². The third-order valence-corrected chi connectivity index (χ3v) is 6.86. The summed E-state index contributed by atoms with van der Waals surface area (Å²) >= 11 is 2.26. The zero-order valence-electron chi connectivity index (χ0n) is 14.3. The van der Waals surface area contributed by atoms with Gasteiger partial charge in [0.05, 0.1) is 25.1 Å². The molecular weight excluding hydrogens is 429 g/mol. The number of halogens is 1. The van der Waals surface area contributed by atoms with E-state index in [2.05, 4.69) is 40.2 Å². The largest absolute Gasteiger partial charge is 0.372 e. The van der Waals surface area contributed by atoms with Gasteiger partial charge in [0, 0.05) is 29.4 Å². The van der Waals surface area contributed by atoms with Gasteiger partial charge in [0.25, 0.3) is 10.1 Å². The molecule has 0 saturated heterocycles. The lowest BCUT2D eigenvalue weighted by molar-refractivity contribution is -0.243. The van der Waals surface area contributed by atoms with Crippen LogP contribution in [0.25, 0.3) is 0 Å². The van der Waals surface area contributed by atoms with Gasteiger partial charge in [0.2, 0.25) is 0 Å². The molecule has 4 aliphatic rings. The highest BCUT2D eigenvalue weighted by Crippen LogP contribution is 2.71. The van der Waals surface area contributed by atoms with Crippen LogP contribution < -0.4 is 3.53 Å². The number of nitrogens with one attached hydrogen (secondary N) is 1. The van der Waals surface area contributed by atoms with Gasteiger partial charge in [0.15, 0.2) is 0 Å². The zero-order valence-corrected chi connectivity index (χ0v) is 17.3. The Balaban J connectivity index is 1.74. The smallest absolute Gasteiger partial charge is 0.264 e. The molecular formula is C16H28INO4S. The molecule has 4 fully saturated rings. The second-order valence-corrected chi connectivity index (χ2v) is 11.5. The van der Waals surface area contributed by atoms with E-state index in [1.165, 1.54) is 19.3 Å². The van der Waals surface area contributed by atoms with Gasteiger partial charge in [-0.05, 0) is 54.8 Å². The van der Waals surface area contributed by atoms with Gasteiger partial charge in [-0.2, -0.15) is 8.42 Å². The van der Waals surface area contributed by atoms with Crippen molar-refractivity contribution in [2.45, 2.75) is 58.0 Å². The summed E-state index contributed by atoms with van der Waals surface area (Å²) in [5, 5.41) is 0. The minimum Gasteiger partial charge on any atom is -0.372 e. The van der Waals surface area contributed by atoms with Crippen LogP contribution in [0.15, 0.2) is 0 Å². The van der Waals surface area contributed by atoms with Gasteiger partial charge in [-0.25, -0.2) is 0 Å². The van der Waals surface area contributed by atoms with Crippen molar-refractivity contribution >= 4 is 33.0 Å². The lowest BCUT2D eigenvalue weighted by Crippen LogP contribution is -2.65. The molecule has 134 valence electrons. The number of hydrogen-bond donors (Lipinski definition) is 1. The van der Waals surface area contributed by atoms with Crippen LogP contribution in [0.1, 0.15) is 52.4 Å². The van der Waals surface area contributed by atoms with Gasteiger partial charge in [0.1, 0.15) is 0 Å². The molecule has 23 heavy (non-hydrogen) atoms. The Hall–Kier alpha value is 0.560. The molecule has 0 spiro atoms. The van der Waals surface area contributed by atoms with E-state index in [1.54, 1.807) is 0 Å². The molecule has 4 saturated carbocycles. The SMILES string of the molecule is CC12CC3(C)CC(CNI)(C1)CC(OCCOS(C)(=O)=O)(C2)C3. The van der Waals surface area contributed by atoms with Crippen molar-refractivity contribution in [1.29, 1.82) is 0 Å². The predicted octanol–water partition coefficient (Wildman–Crippen LogP) is 3.04. The standard InChI is InChI=1S/C16H28INO4S/c1-13-6-14(2)8-15(7-13,12-18-17)11-16(9-13,10-14)21-4-5-22-23(3,19)20/h18H,4-12H2,1-3H3. The van der Waals surface area contributed by atoms with E-state index in [-0.39, 0.29) is 12.2 Å². The van der Waals surface area contributed by atoms with Crippen LogP contribution in [0.3, 0.4) is 0 Å². The fraction of sp³-hybridized carbons (Fsp3) is 1.00. The van der Waals surface area contributed by atoms with Crippen molar-refractivity contribution in [3.8, 4) is 0 Å². The van der Waals surface area contributed by atoms with Crippen LogP contribution in [0.2, 0.25) is 0 Å². The molecule has 4 rings (SSSR count). The van der Waals surface area contributed by atoms with Gasteiger partial charge in [-0.3, -0.25) is 7.71 Å². The molecule has 0 aromatic carbocycles. The molecule has 5 nitrogen and oxygen atoms in total. The van der Waals surface area contributed by atoms with Crippen LogP contribution in [0, 0.1) is 16.2 Å². The fourth-order valence-electron chi connectivity index (χ4n) is 6.76. The molecule has 2 unspecified atom stereocenters. The predicted molar refractivity (Wildman–Crippen MR) is 97.9 cm³/mol. The Morgan fingerprint density at radius 2 is 1.61 bits per heavy atom. The molecule has 2 atom stereocenters. The summed E-state index contributed by atoms with van der Waals surface area (Å²) in [5.41, 5.74) is 0.896. The Morgan fingerprint density at radius 3 is 2.13 bits per heavy atom. The lowest BCUT2D eigenvalue weighted by atomic mass is 9.39.